The Morgan fingerprint density at radius 2 is 0.735 bits per heavy atom. The summed E-state index contributed by atoms with van der Waals surface area (Å²) in [4.78, 5) is 10.3. The molecule has 0 rings (SSSR count). The quantitative estimate of drug-likeness (QED) is 0.256. The highest BCUT2D eigenvalue weighted by Gasteiger charge is 2.96. The Labute approximate surface area is 173 Å². The Kier molecular flexibility index (Phi) is 7.46. The fourth-order valence-electron chi connectivity index (χ4n) is 1.80. The molecule has 0 aliphatic carbocycles. The van der Waals surface area contributed by atoms with Crippen LogP contribution in [0.15, 0.2) is 11.6 Å². The van der Waals surface area contributed by atoms with Crippen LogP contribution in [-0.2, 0) is 4.79 Å². The van der Waals surface area contributed by atoms with Gasteiger partial charge in [0.1, 0.15) is 0 Å². The van der Waals surface area contributed by atoms with Gasteiger partial charge in [0.2, 0.25) is 0 Å². The molecule has 0 unspecified atom stereocenters. The van der Waals surface area contributed by atoms with Crippen LogP contribution in [0, 0.1) is 0 Å². The smallest absolute Gasteiger partial charge is 0.460 e. The molecule has 0 spiro atoms. The van der Waals surface area contributed by atoms with Crippen LogP contribution in [0.1, 0.15) is 6.92 Å². The molecule has 0 saturated heterocycles. The van der Waals surface area contributed by atoms with E-state index >= 15 is 0 Å². The summed E-state index contributed by atoms with van der Waals surface area (Å²) in [7, 11) is 0. The van der Waals surface area contributed by atoms with E-state index in [0.29, 0.717) is 0 Å². The van der Waals surface area contributed by atoms with Crippen LogP contribution in [0.25, 0.3) is 0 Å². The second-order valence-corrected chi connectivity index (χ2v) is 6.27. The minimum absolute atomic E-state index is 0.0921. The number of hydrogen-bond donors (Lipinski definition) is 1. The van der Waals surface area contributed by atoms with E-state index in [1.54, 1.807) is 0 Å². The molecule has 202 valence electrons. The van der Waals surface area contributed by atoms with Crippen LogP contribution < -0.4 is 0 Å². The Hall–Kier alpha value is -2.12. The molecule has 0 heterocycles. The molecule has 0 fully saturated rings. The van der Waals surface area contributed by atoms with E-state index in [-0.39, 0.29) is 6.92 Å². The normalized spacial score (nSPS) is 16.6. The Morgan fingerprint density at radius 1 is 0.500 bits per heavy atom. The molecule has 0 aliphatic rings. The zero-order valence-electron chi connectivity index (χ0n) is 15.1. The number of allylic oxidation sites excluding steroid dienone is 1. The van der Waals surface area contributed by atoms with Gasteiger partial charge < -0.3 is 5.11 Å². The first-order chi connectivity index (χ1) is 14.3. The molecule has 0 bridgehead atoms. The predicted molar refractivity (Wildman–Crippen MR) is 67.0 cm³/mol. The highest BCUT2D eigenvalue weighted by molar-refractivity contribution is 5.86. The molecular weight excluding hydrogens is 549 g/mol. The van der Waals surface area contributed by atoms with Crippen molar-refractivity contribution >= 4 is 5.97 Å². The average molecular weight is 554 g/mol. The van der Waals surface area contributed by atoms with Gasteiger partial charge in [-0.2, -0.15) is 83.4 Å². The summed E-state index contributed by atoms with van der Waals surface area (Å²) >= 11 is 0. The molecule has 0 aromatic heterocycles. The van der Waals surface area contributed by atoms with E-state index in [0.717, 1.165) is 0 Å². The number of halogens is 19. The van der Waals surface area contributed by atoms with Gasteiger partial charge in [0, 0.05) is 11.6 Å². The number of carbonyl (C=O) groups is 1. The van der Waals surface area contributed by atoms with Gasteiger partial charge in [-0.1, -0.05) is 0 Å². The molecule has 0 radical (unpaired) electrons. The molecule has 0 aliphatic heterocycles. The van der Waals surface area contributed by atoms with E-state index in [9.17, 15) is 88.2 Å². The van der Waals surface area contributed by atoms with Crippen molar-refractivity contribution in [2.75, 3.05) is 0 Å². The van der Waals surface area contributed by atoms with Crippen molar-refractivity contribution in [3.63, 3.8) is 0 Å². The minimum atomic E-state index is -9.01. The van der Waals surface area contributed by atoms with Gasteiger partial charge in [-0.05, 0) is 6.92 Å². The highest BCUT2D eigenvalue weighted by Crippen LogP contribution is 2.65. The van der Waals surface area contributed by atoms with Gasteiger partial charge in [-0.15, -0.1) is 0 Å². The molecule has 21 heteroatoms. The van der Waals surface area contributed by atoms with Gasteiger partial charge in [-0.25, -0.2) is 4.79 Å². The Bertz CT molecular complexity index is 819. The topological polar surface area (TPSA) is 37.3 Å². The fraction of sp³-hybridized carbons (Fsp3) is 0.769. The van der Waals surface area contributed by atoms with Crippen LogP contribution in [0.5, 0.6) is 0 Å². The summed E-state index contributed by atoms with van der Waals surface area (Å²) in [6, 6.07) is 0. The summed E-state index contributed by atoms with van der Waals surface area (Å²) in [5, 5.41) is 8.19. The lowest BCUT2D eigenvalue weighted by Crippen LogP contribution is -2.75. The van der Waals surface area contributed by atoms with E-state index < -0.39 is 71.2 Å². The largest absolute Gasteiger partial charge is 0.478 e. The van der Waals surface area contributed by atoms with Crippen LogP contribution in [0.2, 0.25) is 0 Å². The summed E-state index contributed by atoms with van der Waals surface area (Å²) in [6.07, 6.45) is -9.72. The molecule has 0 amide bonds. The first-order valence-corrected chi connectivity index (χ1v) is 7.35. The van der Waals surface area contributed by atoms with Crippen LogP contribution in [-0.4, -0.2) is 64.6 Å². The van der Waals surface area contributed by atoms with Gasteiger partial charge >= 0.3 is 59.5 Å². The second kappa shape index (κ2) is 7.95. The molecule has 0 saturated carbocycles. The maximum atomic E-state index is 13.4. The average Bonchev–Trinajstić information content (AvgIpc) is 2.58. The number of carboxylic acid groups (broad SMARTS) is 1. The molecule has 1 N–H and O–H groups in total. The van der Waals surface area contributed by atoms with E-state index in [4.69, 9.17) is 5.11 Å². The van der Waals surface area contributed by atoms with Gasteiger partial charge in [0.15, 0.2) is 0 Å². The van der Waals surface area contributed by atoms with Crippen molar-refractivity contribution in [2.24, 2.45) is 0 Å². The molecule has 0 aromatic rings. The van der Waals surface area contributed by atoms with E-state index in [1.165, 1.54) is 0 Å². The summed E-state index contributed by atoms with van der Waals surface area (Å²) < 4.78 is 247. The third-order valence-corrected chi connectivity index (χ3v) is 3.88. The van der Waals surface area contributed by atoms with E-state index in [2.05, 4.69) is 0 Å². The molecule has 0 atom stereocenters. The number of rotatable bonds is 9. The Morgan fingerprint density at radius 3 is 0.971 bits per heavy atom. The van der Waals surface area contributed by atoms with Gasteiger partial charge in [0.05, 0.1) is 0 Å². The first-order valence-electron chi connectivity index (χ1n) is 7.35. The molecule has 2 nitrogen and oxygen atoms in total. The zero-order valence-corrected chi connectivity index (χ0v) is 15.1. The highest BCUT2D eigenvalue weighted by atomic mass is 19.4. The van der Waals surface area contributed by atoms with Crippen molar-refractivity contribution in [3.8, 4) is 0 Å². The van der Waals surface area contributed by atoms with Crippen molar-refractivity contribution in [3.05, 3.63) is 11.6 Å². The number of aliphatic carboxylic acids is 1. The van der Waals surface area contributed by atoms with Gasteiger partial charge in [0.25, 0.3) is 0 Å². The lowest BCUT2D eigenvalue weighted by Gasteiger charge is -2.43. The molecule has 0 aromatic carbocycles. The maximum Gasteiger partial charge on any atom is 0.460 e. The van der Waals surface area contributed by atoms with Crippen molar-refractivity contribution < 1.29 is 93.3 Å². The maximum absolute atomic E-state index is 13.4. The monoisotopic (exact) mass is 554 g/mol. The molecular formula is C13H5F19O2. The fourth-order valence-corrected chi connectivity index (χ4v) is 1.80. The number of alkyl halides is 19. The van der Waals surface area contributed by atoms with Crippen molar-refractivity contribution in [1.82, 2.24) is 0 Å². The summed E-state index contributed by atoms with van der Waals surface area (Å²) in [5.74, 6) is -70.3. The summed E-state index contributed by atoms with van der Waals surface area (Å²) in [6.45, 7) is -0.0921. The predicted octanol–water partition coefficient (Wildman–Crippen LogP) is 6.66. The van der Waals surface area contributed by atoms with Crippen LogP contribution in [0.3, 0.4) is 0 Å². The SMILES string of the molecule is CC(=CC(F)(F)C(F)(F)C(F)(F)C(F)(F)C(F)(F)C(F)(F)C(F)(F)C(F)(F)C(F)(F)F)C(=O)O. The van der Waals surface area contributed by atoms with Crippen molar-refractivity contribution in [1.29, 1.82) is 0 Å². The second-order valence-electron chi connectivity index (χ2n) is 6.27. The third-order valence-electron chi connectivity index (χ3n) is 3.88. The Balaban J connectivity index is 7.01. The summed E-state index contributed by atoms with van der Waals surface area (Å²) in [5.41, 5.74) is -2.07. The number of hydrogen-bond acceptors (Lipinski definition) is 1. The zero-order chi connectivity index (χ0) is 28.4. The van der Waals surface area contributed by atoms with Gasteiger partial charge in [-0.3, -0.25) is 0 Å². The third kappa shape index (κ3) is 4.01. The van der Waals surface area contributed by atoms with Crippen LogP contribution in [0.4, 0.5) is 83.4 Å². The van der Waals surface area contributed by atoms with E-state index in [1.807, 2.05) is 0 Å². The molecule has 34 heavy (non-hydrogen) atoms. The van der Waals surface area contributed by atoms with Crippen molar-refractivity contribution in [2.45, 2.75) is 60.5 Å². The first kappa shape index (κ1) is 31.9. The van der Waals surface area contributed by atoms with Crippen LogP contribution >= 0.6 is 0 Å². The lowest BCUT2D eigenvalue weighted by molar-refractivity contribution is -0.467. The lowest BCUT2D eigenvalue weighted by atomic mass is 9.87. The standard InChI is InChI=1S/C13H5F19O2/c1-3(4(33)34)2-5(14,15)6(16,17)7(18,19)8(20,21)9(22,23)10(24,25)11(26,27)12(28,29)13(30,31)32/h2H,1H3,(H,33,34). The minimum Gasteiger partial charge on any atom is -0.478 e. The number of carboxylic acids is 1.